The molecule has 7 heteroatoms. The number of piperazine rings is 1. The van der Waals surface area contributed by atoms with Gasteiger partial charge in [-0.2, -0.15) is 0 Å². The molecule has 1 heterocycles. The third-order valence-corrected chi connectivity index (χ3v) is 10.9. The summed E-state index contributed by atoms with van der Waals surface area (Å²) in [6.45, 7) is 7.50. The van der Waals surface area contributed by atoms with Crippen LogP contribution in [-0.4, -0.2) is 45.5 Å². The molecule has 0 spiro atoms. The highest BCUT2D eigenvalue weighted by Gasteiger charge is 2.83. The molecular formula is C20H24Br3FN2O. The van der Waals surface area contributed by atoms with Crippen LogP contribution in [0.15, 0.2) is 24.3 Å². The molecule has 0 N–H and O–H groups in total. The summed E-state index contributed by atoms with van der Waals surface area (Å²) in [4.78, 5) is 18.1. The summed E-state index contributed by atoms with van der Waals surface area (Å²) in [6, 6.07) is 6.61. The maximum Gasteiger partial charge on any atom is 0.230 e. The number of anilines is 1. The van der Waals surface area contributed by atoms with Gasteiger partial charge in [0.15, 0.2) is 0 Å². The van der Waals surface area contributed by atoms with Gasteiger partial charge in [-0.1, -0.05) is 61.6 Å². The van der Waals surface area contributed by atoms with Crippen molar-refractivity contribution in [2.24, 2.45) is 16.2 Å². The van der Waals surface area contributed by atoms with E-state index in [0.717, 1.165) is 31.6 Å². The Bertz CT molecular complexity index is 748. The van der Waals surface area contributed by atoms with Gasteiger partial charge in [-0.05, 0) is 42.5 Å². The fourth-order valence-electron chi connectivity index (χ4n) is 5.77. The second-order valence-corrected chi connectivity index (χ2v) is 12.5. The quantitative estimate of drug-likeness (QED) is 0.472. The van der Waals surface area contributed by atoms with Gasteiger partial charge in [0.25, 0.3) is 0 Å². The van der Waals surface area contributed by atoms with Gasteiger partial charge in [0, 0.05) is 42.1 Å². The molecule has 3 nitrogen and oxygen atoms in total. The lowest BCUT2D eigenvalue weighted by molar-refractivity contribution is -0.173. The van der Waals surface area contributed by atoms with Gasteiger partial charge in [0.1, 0.15) is 5.82 Å². The second kappa shape index (κ2) is 6.69. The van der Waals surface area contributed by atoms with E-state index in [0.29, 0.717) is 19.0 Å². The minimum Gasteiger partial charge on any atom is -0.368 e. The molecule has 2 bridgehead atoms. The Morgan fingerprint density at radius 2 is 1.70 bits per heavy atom. The fraction of sp³-hybridized carbons (Fsp3) is 0.650. The van der Waals surface area contributed by atoms with Gasteiger partial charge in [-0.3, -0.25) is 4.79 Å². The molecular weight excluding hydrogens is 543 g/mol. The molecule has 4 fully saturated rings. The standard InChI is InChI=1S/C20H24Br3FN2O/c1-18(2)19(16(22)23)7-8-20(18,15(19)21)17(27)26-11-9-25(10-12-26)14-5-3-13(24)4-6-14/h3-6,15-16H,7-12H2,1-2H3/t15-,19-,20+/m1/s1. The Balaban J connectivity index is 1.48. The third-order valence-electron chi connectivity index (χ3n) is 7.63. The highest BCUT2D eigenvalue weighted by molar-refractivity contribution is 9.24. The lowest BCUT2D eigenvalue weighted by Gasteiger charge is -2.67. The van der Waals surface area contributed by atoms with Crippen LogP contribution in [0, 0.1) is 22.1 Å². The summed E-state index contributed by atoms with van der Waals surface area (Å²) in [6.07, 6.45) is 1.97. The van der Waals surface area contributed by atoms with E-state index in [9.17, 15) is 9.18 Å². The maximum atomic E-state index is 13.6. The van der Waals surface area contributed by atoms with E-state index in [4.69, 9.17) is 0 Å². The summed E-state index contributed by atoms with van der Waals surface area (Å²) in [5.41, 5.74) is 0.672. The van der Waals surface area contributed by atoms with Crippen molar-refractivity contribution < 1.29 is 9.18 Å². The van der Waals surface area contributed by atoms with Crippen molar-refractivity contribution in [1.29, 1.82) is 0 Å². The highest BCUT2D eigenvalue weighted by Crippen LogP contribution is 2.82. The molecule has 1 saturated heterocycles. The van der Waals surface area contributed by atoms with E-state index >= 15 is 0 Å². The molecule has 1 amide bonds. The number of rotatable bonds is 3. The van der Waals surface area contributed by atoms with Crippen molar-refractivity contribution in [2.45, 2.75) is 35.3 Å². The first-order valence-electron chi connectivity index (χ1n) is 9.40. The van der Waals surface area contributed by atoms with Gasteiger partial charge in [-0.15, -0.1) is 0 Å². The van der Waals surface area contributed by atoms with E-state index in [1.807, 2.05) is 17.0 Å². The highest BCUT2D eigenvalue weighted by atomic mass is 79.9. The molecule has 5 rings (SSSR count). The minimum atomic E-state index is -0.329. The molecule has 0 unspecified atom stereocenters. The third kappa shape index (κ3) is 2.49. The Morgan fingerprint density at radius 1 is 1.11 bits per heavy atom. The Morgan fingerprint density at radius 3 is 2.19 bits per heavy atom. The molecule has 1 aliphatic heterocycles. The average Bonchev–Trinajstić information content (AvgIpc) is 3.12. The average molecular weight is 567 g/mol. The molecule has 0 radical (unpaired) electrons. The molecule has 27 heavy (non-hydrogen) atoms. The number of hydrogen-bond acceptors (Lipinski definition) is 2. The molecule has 0 aromatic heterocycles. The first kappa shape index (κ1) is 20.1. The molecule has 3 aliphatic carbocycles. The van der Waals surface area contributed by atoms with Gasteiger partial charge >= 0.3 is 0 Å². The first-order chi connectivity index (χ1) is 12.7. The van der Waals surface area contributed by atoms with Crippen LogP contribution >= 0.6 is 47.8 Å². The van der Waals surface area contributed by atoms with Crippen molar-refractivity contribution >= 4 is 59.4 Å². The number of benzene rings is 1. The van der Waals surface area contributed by atoms with Crippen LogP contribution < -0.4 is 4.90 Å². The summed E-state index contributed by atoms with van der Waals surface area (Å²) in [7, 11) is 0. The zero-order chi connectivity index (χ0) is 19.6. The Kier molecular flexibility index (Phi) is 5.00. The molecule has 148 valence electrons. The van der Waals surface area contributed by atoms with Gasteiger partial charge in [-0.25, -0.2) is 4.39 Å². The summed E-state index contributed by atoms with van der Waals surface area (Å²) in [5.74, 6) is 0.0748. The number of alkyl halides is 3. The normalized spacial score (nSPS) is 34.7. The van der Waals surface area contributed by atoms with Crippen LogP contribution in [0.25, 0.3) is 0 Å². The van der Waals surface area contributed by atoms with Crippen molar-refractivity contribution in [2.75, 3.05) is 31.1 Å². The molecule has 4 aliphatic rings. The van der Waals surface area contributed by atoms with E-state index in [1.165, 1.54) is 12.1 Å². The van der Waals surface area contributed by atoms with Crippen LogP contribution in [0.5, 0.6) is 0 Å². The fourth-order valence-corrected chi connectivity index (χ4v) is 10.7. The van der Waals surface area contributed by atoms with Crippen molar-refractivity contribution in [3.8, 4) is 0 Å². The zero-order valence-electron chi connectivity index (χ0n) is 15.5. The number of halogens is 4. The SMILES string of the molecule is CC1(C)[C@]2(C(Br)Br)CC[C@@]1(C(=O)N1CCN(c3ccc(F)cc3)CC1)[C@@H]2Br. The van der Waals surface area contributed by atoms with Crippen LogP contribution in [0.1, 0.15) is 26.7 Å². The summed E-state index contributed by atoms with van der Waals surface area (Å²) < 4.78 is 13.3. The first-order valence-corrected chi connectivity index (χ1v) is 12.2. The largest absolute Gasteiger partial charge is 0.368 e. The Labute approximate surface area is 185 Å². The predicted octanol–water partition coefficient (Wildman–Crippen LogP) is 5.16. The van der Waals surface area contributed by atoms with E-state index < -0.39 is 0 Å². The lowest BCUT2D eigenvalue weighted by atomic mass is 9.43. The van der Waals surface area contributed by atoms with Crippen LogP contribution in [-0.2, 0) is 4.79 Å². The monoisotopic (exact) mass is 564 g/mol. The molecule has 1 aromatic carbocycles. The summed E-state index contributed by atoms with van der Waals surface area (Å²) in [5, 5.41) is 0. The Hall–Kier alpha value is -0.140. The van der Waals surface area contributed by atoms with Crippen molar-refractivity contribution in [3.05, 3.63) is 30.1 Å². The number of hydrogen-bond donors (Lipinski definition) is 0. The van der Waals surface area contributed by atoms with Gasteiger partial charge < -0.3 is 9.80 Å². The number of nitrogens with zero attached hydrogens (tertiary/aromatic N) is 2. The maximum absolute atomic E-state index is 13.6. The second-order valence-electron chi connectivity index (χ2n) is 8.56. The zero-order valence-corrected chi connectivity index (χ0v) is 20.3. The van der Waals surface area contributed by atoms with Crippen molar-refractivity contribution in [1.82, 2.24) is 4.90 Å². The molecule has 3 atom stereocenters. The topological polar surface area (TPSA) is 23.6 Å². The summed E-state index contributed by atoms with van der Waals surface area (Å²) >= 11 is 11.4. The van der Waals surface area contributed by atoms with Crippen molar-refractivity contribution in [3.63, 3.8) is 0 Å². The number of carbonyl (C=O) groups excluding carboxylic acids is 1. The molecule has 3 saturated carbocycles. The van der Waals surface area contributed by atoms with Crippen LogP contribution in [0.4, 0.5) is 10.1 Å². The number of carbonyl (C=O) groups is 1. The van der Waals surface area contributed by atoms with E-state index in [-0.39, 0.29) is 30.6 Å². The van der Waals surface area contributed by atoms with E-state index in [2.05, 4.69) is 66.5 Å². The smallest absolute Gasteiger partial charge is 0.230 e. The number of fused-ring (bicyclic) bond motifs is 1. The number of amides is 1. The predicted molar refractivity (Wildman–Crippen MR) is 117 cm³/mol. The van der Waals surface area contributed by atoms with Gasteiger partial charge in [0.05, 0.1) is 9.15 Å². The van der Waals surface area contributed by atoms with Gasteiger partial charge in [0.2, 0.25) is 5.91 Å². The van der Waals surface area contributed by atoms with Crippen LogP contribution in [0.3, 0.4) is 0 Å². The molecule has 1 aromatic rings. The lowest BCUT2D eigenvalue weighted by Crippen LogP contribution is -2.73. The van der Waals surface area contributed by atoms with E-state index in [1.54, 1.807) is 0 Å². The minimum absolute atomic E-state index is 0.0542. The van der Waals surface area contributed by atoms with Crippen LogP contribution in [0.2, 0.25) is 0 Å².